The van der Waals surface area contributed by atoms with Crippen LogP contribution < -0.4 is 20.3 Å². The second kappa shape index (κ2) is 6.52. The summed E-state index contributed by atoms with van der Waals surface area (Å²) in [7, 11) is 1.68. The van der Waals surface area contributed by atoms with Crippen molar-refractivity contribution in [1.29, 1.82) is 0 Å². The van der Waals surface area contributed by atoms with Gasteiger partial charge in [0.1, 0.15) is 11.6 Å². The first-order valence-electron chi connectivity index (χ1n) is 8.21. The lowest BCUT2D eigenvalue weighted by Gasteiger charge is -2.29. The summed E-state index contributed by atoms with van der Waals surface area (Å²) in [6, 6.07) is 6.13. The Kier molecular flexibility index (Phi) is 4.08. The van der Waals surface area contributed by atoms with Crippen LogP contribution in [0.15, 0.2) is 24.4 Å². The summed E-state index contributed by atoms with van der Waals surface area (Å²) in [5.74, 6) is 2.26. The molecule has 0 saturated carbocycles. The van der Waals surface area contributed by atoms with Crippen molar-refractivity contribution in [2.75, 3.05) is 55.5 Å². The van der Waals surface area contributed by atoms with Gasteiger partial charge in [-0.25, -0.2) is 4.98 Å². The van der Waals surface area contributed by atoms with Gasteiger partial charge in [0, 0.05) is 43.1 Å². The Balaban J connectivity index is 1.56. The lowest BCUT2D eigenvalue weighted by molar-refractivity contribution is 0.122. The topological polar surface area (TPSA) is 71.5 Å². The van der Waals surface area contributed by atoms with Crippen LogP contribution in [0.2, 0.25) is 0 Å². The molecule has 2 aliphatic rings. The Labute approximate surface area is 141 Å². The Morgan fingerprint density at radius 2 is 2.17 bits per heavy atom. The number of nitrogens with zero attached hydrogens (tertiary/aromatic N) is 3. The number of ether oxygens (including phenoxy) is 2. The van der Waals surface area contributed by atoms with E-state index in [1.165, 1.54) is 0 Å². The Morgan fingerprint density at radius 1 is 1.29 bits per heavy atom. The molecular weight excluding hydrogens is 306 g/mol. The van der Waals surface area contributed by atoms with Crippen molar-refractivity contribution in [3.63, 3.8) is 0 Å². The largest absolute Gasteiger partial charge is 0.494 e. The van der Waals surface area contributed by atoms with Gasteiger partial charge in [-0.2, -0.15) is 4.98 Å². The van der Waals surface area contributed by atoms with Crippen molar-refractivity contribution < 1.29 is 9.47 Å². The minimum Gasteiger partial charge on any atom is -0.494 e. The fourth-order valence-corrected chi connectivity index (χ4v) is 3.04. The van der Waals surface area contributed by atoms with Crippen LogP contribution in [0.25, 0.3) is 0 Å². The highest BCUT2D eigenvalue weighted by atomic mass is 16.5. The van der Waals surface area contributed by atoms with Crippen LogP contribution in [0, 0.1) is 0 Å². The number of benzene rings is 1. The summed E-state index contributed by atoms with van der Waals surface area (Å²) < 4.78 is 11.0. The molecule has 1 aromatic heterocycles. The molecule has 2 aliphatic heterocycles. The highest BCUT2D eigenvalue weighted by Crippen LogP contribution is 2.32. The van der Waals surface area contributed by atoms with E-state index in [-0.39, 0.29) is 0 Å². The standard InChI is InChI=1S/C17H21N5O2/c1-23-15-10-13(22-6-8-24-9-7-22)2-3-14(15)20-17-19-11-12-4-5-18-16(12)21-17/h2-3,10-11H,4-9H2,1H3,(H2,18,19,20,21). The van der Waals surface area contributed by atoms with Gasteiger partial charge in [0.2, 0.25) is 5.95 Å². The molecule has 4 rings (SSSR count). The molecule has 1 aromatic carbocycles. The predicted molar refractivity (Wildman–Crippen MR) is 93.5 cm³/mol. The number of morpholine rings is 1. The Morgan fingerprint density at radius 3 is 3.00 bits per heavy atom. The molecule has 24 heavy (non-hydrogen) atoms. The van der Waals surface area contributed by atoms with Gasteiger partial charge in [-0.05, 0) is 18.6 Å². The van der Waals surface area contributed by atoms with E-state index in [9.17, 15) is 0 Å². The number of anilines is 4. The molecule has 1 fully saturated rings. The molecule has 126 valence electrons. The Hall–Kier alpha value is -2.54. The van der Waals surface area contributed by atoms with Crippen molar-refractivity contribution in [2.45, 2.75) is 6.42 Å². The molecule has 0 amide bonds. The van der Waals surface area contributed by atoms with E-state index < -0.39 is 0 Å². The van der Waals surface area contributed by atoms with Crippen LogP contribution >= 0.6 is 0 Å². The molecular formula is C17H21N5O2. The fraction of sp³-hybridized carbons (Fsp3) is 0.412. The highest BCUT2D eigenvalue weighted by molar-refractivity contribution is 5.69. The molecule has 2 aromatic rings. The van der Waals surface area contributed by atoms with Gasteiger partial charge in [-0.3, -0.25) is 0 Å². The van der Waals surface area contributed by atoms with Gasteiger partial charge < -0.3 is 25.0 Å². The SMILES string of the molecule is COc1cc(N2CCOCC2)ccc1Nc1ncc2c(n1)NCC2. The number of aromatic nitrogens is 2. The number of fused-ring (bicyclic) bond motifs is 1. The van der Waals surface area contributed by atoms with Crippen LogP contribution in [-0.4, -0.2) is 49.9 Å². The monoisotopic (exact) mass is 327 g/mol. The smallest absolute Gasteiger partial charge is 0.229 e. The molecule has 7 nitrogen and oxygen atoms in total. The third kappa shape index (κ3) is 2.94. The second-order valence-corrected chi connectivity index (χ2v) is 5.85. The van der Waals surface area contributed by atoms with Gasteiger partial charge in [0.05, 0.1) is 26.0 Å². The first kappa shape index (κ1) is 15.0. The number of methoxy groups -OCH3 is 1. The van der Waals surface area contributed by atoms with E-state index in [0.717, 1.165) is 67.8 Å². The van der Waals surface area contributed by atoms with Crippen molar-refractivity contribution in [2.24, 2.45) is 0 Å². The van der Waals surface area contributed by atoms with E-state index in [2.05, 4.69) is 31.6 Å². The number of hydrogen-bond acceptors (Lipinski definition) is 7. The fourth-order valence-electron chi connectivity index (χ4n) is 3.04. The zero-order chi connectivity index (χ0) is 16.4. The van der Waals surface area contributed by atoms with Gasteiger partial charge in [-0.1, -0.05) is 0 Å². The van der Waals surface area contributed by atoms with Crippen LogP contribution in [-0.2, 0) is 11.2 Å². The average molecular weight is 327 g/mol. The van der Waals surface area contributed by atoms with E-state index in [1.54, 1.807) is 7.11 Å². The molecule has 1 saturated heterocycles. The minimum absolute atomic E-state index is 0.570. The molecule has 0 radical (unpaired) electrons. The van der Waals surface area contributed by atoms with Crippen molar-refractivity contribution >= 4 is 23.1 Å². The summed E-state index contributed by atoms with van der Waals surface area (Å²) in [6.07, 6.45) is 2.85. The maximum Gasteiger partial charge on any atom is 0.229 e. The van der Waals surface area contributed by atoms with Crippen molar-refractivity contribution in [3.8, 4) is 5.75 Å². The quantitative estimate of drug-likeness (QED) is 0.890. The van der Waals surface area contributed by atoms with Gasteiger partial charge in [-0.15, -0.1) is 0 Å². The first-order chi connectivity index (χ1) is 11.8. The average Bonchev–Trinajstić information content (AvgIpc) is 3.10. The van der Waals surface area contributed by atoms with Crippen LogP contribution in [0.4, 0.5) is 23.1 Å². The van der Waals surface area contributed by atoms with Gasteiger partial charge in [0.15, 0.2) is 0 Å². The minimum atomic E-state index is 0.570. The maximum absolute atomic E-state index is 5.55. The third-order valence-electron chi connectivity index (χ3n) is 4.36. The van der Waals surface area contributed by atoms with E-state index >= 15 is 0 Å². The zero-order valence-electron chi connectivity index (χ0n) is 13.7. The van der Waals surface area contributed by atoms with E-state index in [0.29, 0.717) is 5.95 Å². The molecule has 7 heteroatoms. The second-order valence-electron chi connectivity index (χ2n) is 5.85. The van der Waals surface area contributed by atoms with E-state index in [1.807, 2.05) is 18.3 Å². The lowest BCUT2D eigenvalue weighted by Crippen LogP contribution is -2.36. The highest BCUT2D eigenvalue weighted by Gasteiger charge is 2.16. The lowest BCUT2D eigenvalue weighted by atomic mass is 10.2. The molecule has 0 aliphatic carbocycles. The third-order valence-corrected chi connectivity index (χ3v) is 4.36. The van der Waals surface area contributed by atoms with Crippen molar-refractivity contribution in [1.82, 2.24) is 9.97 Å². The Bertz CT molecular complexity index is 731. The molecule has 0 atom stereocenters. The van der Waals surface area contributed by atoms with Crippen LogP contribution in [0.5, 0.6) is 5.75 Å². The normalized spacial score (nSPS) is 16.5. The maximum atomic E-state index is 5.55. The van der Waals surface area contributed by atoms with Gasteiger partial charge >= 0.3 is 0 Å². The van der Waals surface area contributed by atoms with Gasteiger partial charge in [0.25, 0.3) is 0 Å². The zero-order valence-corrected chi connectivity index (χ0v) is 13.7. The molecule has 2 N–H and O–H groups in total. The summed E-state index contributed by atoms with van der Waals surface area (Å²) in [6.45, 7) is 4.24. The number of hydrogen-bond donors (Lipinski definition) is 2. The summed E-state index contributed by atoms with van der Waals surface area (Å²) in [5.41, 5.74) is 3.15. The predicted octanol–water partition coefficient (Wildman–Crippen LogP) is 2.03. The summed E-state index contributed by atoms with van der Waals surface area (Å²) in [4.78, 5) is 11.2. The van der Waals surface area contributed by atoms with Crippen LogP contribution in [0.3, 0.4) is 0 Å². The van der Waals surface area contributed by atoms with Crippen molar-refractivity contribution in [3.05, 3.63) is 30.0 Å². The molecule has 0 spiro atoms. The summed E-state index contributed by atoms with van der Waals surface area (Å²) >= 11 is 0. The number of rotatable bonds is 4. The van der Waals surface area contributed by atoms with E-state index in [4.69, 9.17) is 9.47 Å². The summed E-state index contributed by atoms with van der Waals surface area (Å²) in [5, 5.41) is 6.52. The molecule has 0 unspecified atom stereocenters. The number of nitrogens with one attached hydrogen (secondary N) is 2. The molecule has 0 bridgehead atoms. The molecule has 3 heterocycles. The first-order valence-corrected chi connectivity index (χ1v) is 8.21. The van der Waals surface area contributed by atoms with Crippen LogP contribution in [0.1, 0.15) is 5.56 Å².